The Labute approximate surface area is 235 Å². The van der Waals surface area contributed by atoms with Crippen molar-refractivity contribution in [3.05, 3.63) is 127 Å². The highest BCUT2D eigenvalue weighted by molar-refractivity contribution is 7.25. The van der Waals surface area contributed by atoms with Crippen molar-refractivity contribution in [2.24, 2.45) is 0 Å². The summed E-state index contributed by atoms with van der Waals surface area (Å²) >= 11 is 1.90. The van der Waals surface area contributed by atoms with Crippen LogP contribution in [0.3, 0.4) is 0 Å². The molecule has 6 aromatic carbocycles. The van der Waals surface area contributed by atoms with E-state index in [0.717, 1.165) is 0 Å². The predicted molar refractivity (Wildman–Crippen MR) is 173 cm³/mol. The number of fused-ring (bicyclic) bond motifs is 10. The fourth-order valence-corrected chi connectivity index (χ4v) is 8.55. The van der Waals surface area contributed by atoms with E-state index in [0.29, 0.717) is 0 Å². The van der Waals surface area contributed by atoms with E-state index in [1.165, 1.54) is 81.1 Å². The Morgan fingerprint density at radius 3 is 2.17 bits per heavy atom. The van der Waals surface area contributed by atoms with Crippen LogP contribution in [-0.4, -0.2) is 11.3 Å². The molecule has 0 saturated carbocycles. The molecule has 0 N–H and O–H groups in total. The highest BCUT2D eigenvalue weighted by atomic mass is 32.1. The van der Waals surface area contributed by atoms with E-state index < -0.39 is 0 Å². The van der Waals surface area contributed by atoms with Gasteiger partial charge < -0.3 is 9.47 Å². The second kappa shape index (κ2) is 7.44. The van der Waals surface area contributed by atoms with Crippen molar-refractivity contribution < 1.29 is 0 Å². The van der Waals surface area contributed by atoms with Gasteiger partial charge in [-0.25, -0.2) is 0 Å². The minimum Gasteiger partial charge on any atom is -0.311 e. The first-order valence-corrected chi connectivity index (χ1v) is 14.6. The summed E-state index contributed by atoms with van der Waals surface area (Å²) in [5, 5.41) is 5.36. The Morgan fingerprint density at radius 2 is 1.23 bits per heavy atom. The van der Waals surface area contributed by atoms with Gasteiger partial charge in [0.2, 0.25) is 0 Å². The zero-order valence-corrected chi connectivity index (χ0v) is 22.3. The van der Waals surface area contributed by atoms with Crippen LogP contribution in [0.4, 0.5) is 17.1 Å². The average Bonchev–Trinajstić information content (AvgIpc) is 3.54. The fourth-order valence-electron chi connectivity index (χ4n) is 7.42. The van der Waals surface area contributed by atoms with Crippen LogP contribution in [-0.2, 0) is 0 Å². The summed E-state index contributed by atoms with van der Waals surface area (Å²) in [5.41, 5.74) is 11.8. The third-order valence-corrected chi connectivity index (χ3v) is 10.1. The molecule has 0 bridgehead atoms. The number of para-hydroxylation sites is 3. The lowest BCUT2D eigenvalue weighted by Crippen LogP contribution is -2.60. The van der Waals surface area contributed by atoms with Crippen molar-refractivity contribution in [2.75, 3.05) is 4.90 Å². The van der Waals surface area contributed by atoms with Crippen molar-refractivity contribution in [3.63, 3.8) is 0 Å². The van der Waals surface area contributed by atoms with Crippen LogP contribution in [0.2, 0.25) is 0 Å². The van der Waals surface area contributed by atoms with Gasteiger partial charge in [0.15, 0.2) is 0 Å². The van der Waals surface area contributed by atoms with Crippen LogP contribution in [0.15, 0.2) is 127 Å². The van der Waals surface area contributed by atoms with Gasteiger partial charge in [-0.3, -0.25) is 0 Å². The molecule has 2 aliphatic heterocycles. The molecule has 2 nitrogen and oxygen atoms in total. The summed E-state index contributed by atoms with van der Waals surface area (Å²) in [7, 11) is 0. The minimum atomic E-state index is 0.185. The monoisotopic (exact) mass is 524 g/mol. The lowest BCUT2D eigenvalue weighted by Gasteiger charge is -2.40. The van der Waals surface area contributed by atoms with E-state index in [9.17, 15) is 0 Å². The summed E-state index contributed by atoms with van der Waals surface area (Å²) in [6.07, 6.45) is 0. The normalized spacial score (nSPS) is 13.4. The smallest absolute Gasteiger partial charge is 0.252 e. The van der Waals surface area contributed by atoms with E-state index in [1.807, 2.05) is 11.3 Å². The Bertz CT molecular complexity index is 2350. The number of nitrogens with zero attached hydrogens (tertiary/aromatic N) is 2. The molecule has 2 aromatic heterocycles. The molecular weight excluding hydrogens is 503 g/mol. The summed E-state index contributed by atoms with van der Waals surface area (Å²) in [6.45, 7) is 0.185. The van der Waals surface area contributed by atoms with Gasteiger partial charge in [-0.15, -0.1) is 11.3 Å². The highest BCUT2D eigenvalue weighted by Gasteiger charge is 2.41. The van der Waals surface area contributed by atoms with Crippen LogP contribution in [0.25, 0.3) is 47.7 Å². The maximum Gasteiger partial charge on any atom is 0.252 e. The molecular formula is C36H21BN2S. The van der Waals surface area contributed by atoms with Gasteiger partial charge in [0.25, 0.3) is 6.71 Å². The Balaban J connectivity index is 1.39. The van der Waals surface area contributed by atoms with Crippen LogP contribution in [0.1, 0.15) is 0 Å². The van der Waals surface area contributed by atoms with E-state index in [-0.39, 0.29) is 6.71 Å². The summed E-state index contributed by atoms with van der Waals surface area (Å²) in [4.78, 5) is 2.45. The van der Waals surface area contributed by atoms with Crippen LogP contribution >= 0.6 is 11.3 Å². The van der Waals surface area contributed by atoms with E-state index in [4.69, 9.17) is 0 Å². The van der Waals surface area contributed by atoms with Gasteiger partial charge in [-0.2, -0.15) is 0 Å². The number of hydrogen-bond acceptors (Lipinski definition) is 2. The highest BCUT2D eigenvalue weighted by Crippen LogP contribution is 2.43. The SMILES string of the molecule is c1ccc(N2c3ccccc3B3c4c2cccc4-n2c4cc5c(cc4c4cccc3c42)sc2ccccc25)cc1. The zero-order chi connectivity index (χ0) is 25.9. The first-order valence-electron chi connectivity index (χ1n) is 13.8. The predicted octanol–water partition coefficient (Wildman–Crippen LogP) is 7.76. The van der Waals surface area contributed by atoms with Crippen LogP contribution < -0.4 is 21.3 Å². The maximum atomic E-state index is 2.55. The Hall–Kier alpha value is -4.80. The quantitative estimate of drug-likeness (QED) is 0.199. The molecule has 2 aliphatic rings. The summed E-state index contributed by atoms with van der Waals surface area (Å²) in [6, 6.07) is 47.2. The summed E-state index contributed by atoms with van der Waals surface area (Å²) in [5.74, 6) is 0. The lowest BCUT2D eigenvalue weighted by atomic mass is 9.34. The van der Waals surface area contributed by atoms with Crippen molar-refractivity contribution >= 4 is 93.5 Å². The minimum absolute atomic E-state index is 0.185. The molecule has 40 heavy (non-hydrogen) atoms. The van der Waals surface area contributed by atoms with Gasteiger partial charge in [-0.1, -0.05) is 78.9 Å². The second-order valence-corrected chi connectivity index (χ2v) is 12.0. The molecule has 0 unspecified atom stereocenters. The Morgan fingerprint density at radius 1 is 0.500 bits per heavy atom. The topological polar surface area (TPSA) is 8.17 Å². The summed E-state index contributed by atoms with van der Waals surface area (Å²) < 4.78 is 5.26. The van der Waals surface area contributed by atoms with Gasteiger partial charge in [-0.05, 0) is 64.9 Å². The maximum absolute atomic E-state index is 2.55. The Kier molecular flexibility index (Phi) is 3.92. The molecule has 0 amide bonds. The number of rotatable bonds is 1. The van der Waals surface area contributed by atoms with Crippen molar-refractivity contribution in [1.82, 2.24) is 4.57 Å². The van der Waals surface area contributed by atoms with Gasteiger partial charge >= 0.3 is 0 Å². The second-order valence-electron chi connectivity index (χ2n) is 10.9. The van der Waals surface area contributed by atoms with Crippen LogP contribution in [0, 0.1) is 0 Å². The molecule has 0 aliphatic carbocycles. The molecule has 10 rings (SSSR count). The van der Waals surface area contributed by atoms with Crippen molar-refractivity contribution in [3.8, 4) is 5.69 Å². The number of hydrogen-bond donors (Lipinski definition) is 0. The van der Waals surface area contributed by atoms with Gasteiger partial charge in [0.1, 0.15) is 0 Å². The van der Waals surface area contributed by atoms with E-state index in [1.54, 1.807) is 0 Å². The molecule has 0 spiro atoms. The van der Waals surface area contributed by atoms with Crippen LogP contribution in [0.5, 0.6) is 0 Å². The first-order chi connectivity index (χ1) is 19.9. The average molecular weight is 524 g/mol. The molecule has 4 heterocycles. The van der Waals surface area contributed by atoms with E-state index in [2.05, 4.69) is 137 Å². The molecule has 0 fully saturated rings. The molecule has 4 heteroatoms. The number of aromatic nitrogens is 1. The number of benzene rings is 6. The van der Waals surface area contributed by atoms with Gasteiger partial charge in [0, 0.05) is 59.2 Å². The third-order valence-electron chi connectivity index (χ3n) is 8.96. The standard InChI is InChI=1S/C36H21BN2S/c1-2-10-22(11-3-1)38-29-16-6-5-14-27(29)37-28-15-8-13-24-25-21-34-26(23-12-4-7-19-33(23)40-34)20-32(25)39(36(24)28)31-18-9-17-30(38)35(31)37/h1-21H. The molecule has 0 radical (unpaired) electrons. The molecule has 0 saturated heterocycles. The number of thiophene rings is 1. The zero-order valence-electron chi connectivity index (χ0n) is 21.5. The fraction of sp³-hybridized carbons (Fsp3) is 0. The third kappa shape index (κ3) is 2.51. The van der Waals surface area contributed by atoms with Crippen molar-refractivity contribution in [2.45, 2.75) is 0 Å². The molecule has 184 valence electrons. The van der Waals surface area contributed by atoms with Crippen molar-refractivity contribution in [1.29, 1.82) is 0 Å². The number of anilines is 3. The molecule has 0 atom stereocenters. The van der Waals surface area contributed by atoms with E-state index >= 15 is 0 Å². The first kappa shape index (κ1) is 21.1. The lowest BCUT2D eigenvalue weighted by molar-refractivity contribution is 1.18. The molecule has 8 aromatic rings. The largest absolute Gasteiger partial charge is 0.311 e. The van der Waals surface area contributed by atoms with Gasteiger partial charge in [0.05, 0.1) is 5.52 Å².